The summed E-state index contributed by atoms with van der Waals surface area (Å²) in [6.07, 6.45) is -3.02. The molecule has 1 aromatic heterocycles. The number of halogens is 3. The topological polar surface area (TPSA) is 72.9 Å². The molecule has 106 valence electrons. The van der Waals surface area contributed by atoms with Gasteiger partial charge in [0.25, 0.3) is 5.91 Å². The number of carbonyl (C=O) groups is 1. The van der Waals surface area contributed by atoms with Crippen molar-refractivity contribution in [3.05, 3.63) is 41.7 Å². The van der Waals surface area contributed by atoms with Gasteiger partial charge in [-0.3, -0.25) is 9.48 Å². The molecule has 8 heteroatoms. The summed E-state index contributed by atoms with van der Waals surface area (Å²) in [5.41, 5.74) is 4.00. The van der Waals surface area contributed by atoms with Gasteiger partial charge in [-0.2, -0.15) is 18.3 Å². The third-order valence-corrected chi connectivity index (χ3v) is 2.56. The van der Waals surface area contributed by atoms with Crippen molar-refractivity contribution in [1.29, 1.82) is 0 Å². The molecule has 0 saturated heterocycles. The standard InChI is InChI=1S/C12H11F3N4O/c1-19-5-4-10(18-19)11(20)17-7-2-3-9(16)8(6-7)12(13,14)15/h2-6H,16H2,1H3,(H,17,20). The van der Waals surface area contributed by atoms with Crippen LogP contribution in [-0.2, 0) is 13.2 Å². The first kappa shape index (κ1) is 13.9. The first-order valence-corrected chi connectivity index (χ1v) is 5.55. The Bertz CT molecular complexity index is 648. The summed E-state index contributed by atoms with van der Waals surface area (Å²) in [5.74, 6) is -0.594. The average Bonchev–Trinajstić information content (AvgIpc) is 2.77. The Hall–Kier alpha value is -2.51. The molecule has 0 aliphatic carbocycles. The van der Waals surface area contributed by atoms with Gasteiger partial charge < -0.3 is 11.1 Å². The molecule has 1 aromatic carbocycles. The third-order valence-electron chi connectivity index (χ3n) is 2.56. The Morgan fingerprint density at radius 1 is 1.35 bits per heavy atom. The van der Waals surface area contributed by atoms with E-state index in [-0.39, 0.29) is 11.4 Å². The lowest BCUT2D eigenvalue weighted by molar-refractivity contribution is -0.136. The Morgan fingerprint density at radius 3 is 2.60 bits per heavy atom. The molecular formula is C12H11F3N4O. The van der Waals surface area contributed by atoms with Gasteiger partial charge in [0, 0.05) is 24.6 Å². The van der Waals surface area contributed by atoms with Crippen LogP contribution in [-0.4, -0.2) is 15.7 Å². The maximum atomic E-state index is 12.7. The van der Waals surface area contributed by atoms with Crippen LogP contribution >= 0.6 is 0 Å². The molecule has 0 radical (unpaired) electrons. The lowest BCUT2D eigenvalue weighted by Crippen LogP contribution is -2.15. The Morgan fingerprint density at radius 2 is 2.05 bits per heavy atom. The number of carbonyl (C=O) groups excluding carboxylic acids is 1. The van der Waals surface area contributed by atoms with Gasteiger partial charge in [-0.05, 0) is 24.3 Å². The molecule has 0 bridgehead atoms. The van der Waals surface area contributed by atoms with Gasteiger partial charge in [-0.25, -0.2) is 0 Å². The molecule has 0 saturated carbocycles. The predicted molar refractivity (Wildman–Crippen MR) is 67.0 cm³/mol. The Kier molecular flexibility index (Phi) is 3.39. The van der Waals surface area contributed by atoms with E-state index in [0.717, 1.165) is 12.1 Å². The normalized spacial score (nSPS) is 11.4. The van der Waals surface area contributed by atoms with E-state index in [1.54, 1.807) is 13.2 Å². The molecule has 1 heterocycles. The fourth-order valence-corrected chi connectivity index (χ4v) is 1.61. The fraction of sp³-hybridized carbons (Fsp3) is 0.167. The summed E-state index contributed by atoms with van der Waals surface area (Å²) in [5, 5.41) is 6.19. The highest BCUT2D eigenvalue weighted by atomic mass is 19.4. The largest absolute Gasteiger partial charge is 0.418 e. The molecule has 0 aliphatic heterocycles. The van der Waals surface area contributed by atoms with Crippen molar-refractivity contribution in [2.75, 3.05) is 11.1 Å². The molecule has 5 nitrogen and oxygen atoms in total. The number of hydrogen-bond acceptors (Lipinski definition) is 3. The molecule has 20 heavy (non-hydrogen) atoms. The number of benzene rings is 1. The summed E-state index contributed by atoms with van der Waals surface area (Å²) < 4.78 is 39.5. The van der Waals surface area contributed by atoms with E-state index in [1.807, 2.05) is 0 Å². The second kappa shape index (κ2) is 4.87. The summed E-state index contributed by atoms with van der Waals surface area (Å²) in [6, 6.07) is 4.63. The predicted octanol–water partition coefficient (Wildman–Crippen LogP) is 2.27. The fourth-order valence-electron chi connectivity index (χ4n) is 1.61. The Balaban J connectivity index is 2.24. The van der Waals surface area contributed by atoms with E-state index in [1.165, 1.54) is 16.8 Å². The molecule has 0 spiro atoms. The maximum absolute atomic E-state index is 12.7. The monoisotopic (exact) mass is 284 g/mol. The van der Waals surface area contributed by atoms with Gasteiger partial charge in [-0.1, -0.05) is 0 Å². The number of amides is 1. The highest BCUT2D eigenvalue weighted by Gasteiger charge is 2.33. The first-order chi connectivity index (χ1) is 9.27. The van der Waals surface area contributed by atoms with Gasteiger partial charge in [0.2, 0.25) is 0 Å². The average molecular weight is 284 g/mol. The number of rotatable bonds is 2. The first-order valence-electron chi connectivity index (χ1n) is 5.55. The second-order valence-electron chi connectivity index (χ2n) is 4.13. The van der Waals surface area contributed by atoms with Crippen molar-refractivity contribution in [2.45, 2.75) is 6.18 Å². The van der Waals surface area contributed by atoms with Crippen molar-refractivity contribution in [1.82, 2.24) is 9.78 Å². The van der Waals surface area contributed by atoms with Crippen LogP contribution in [0.2, 0.25) is 0 Å². The zero-order valence-corrected chi connectivity index (χ0v) is 10.4. The highest BCUT2D eigenvalue weighted by Crippen LogP contribution is 2.35. The molecule has 2 rings (SSSR count). The van der Waals surface area contributed by atoms with E-state index in [2.05, 4.69) is 10.4 Å². The zero-order chi connectivity index (χ0) is 14.9. The molecule has 0 unspecified atom stereocenters. The van der Waals surface area contributed by atoms with Gasteiger partial charge in [-0.15, -0.1) is 0 Å². The number of nitrogens with one attached hydrogen (secondary N) is 1. The smallest absolute Gasteiger partial charge is 0.398 e. The quantitative estimate of drug-likeness (QED) is 0.831. The number of hydrogen-bond donors (Lipinski definition) is 2. The minimum absolute atomic E-state index is 0.00202. The van der Waals surface area contributed by atoms with E-state index >= 15 is 0 Å². The second-order valence-corrected chi connectivity index (χ2v) is 4.13. The molecule has 2 aromatic rings. The van der Waals surface area contributed by atoms with Crippen molar-refractivity contribution in [2.24, 2.45) is 7.05 Å². The zero-order valence-electron chi connectivity index (χ0n) is 10.4. The van der Waals surface area contributed by atoms with Crippen LogP contribution in [0.4, 0.5) is 24.5 Å². The maximum Gasteiger partial charge on any atom is 0.418 e. The minimum Gasteiger partial charge on any atom is -0.398 e. The summed E-state index contributed by atoms with van der Waals surface area (Å²) in [7, 11) is 1.63. The Labute approximate surface area is 112 Å². The van der Waals surface area contributed by atoms with E-state index in [0.29, 0.717) is 0 Å². The van der Waals surface area contributed by atoms with E-state index in [9.17, 15) is 18.0 Å². The molecular weight excluding hydrogens is 273 g/mol. The van der Waals surface area contributed by atoms with Crippen molar-refractivity contribution in [3.63, 3.8) is 0 Å². The lowest BCUT2D eigenvalue weighted by atomic mass is 10.1. The molecule has 1 amide bonds. The summed E-state index contributed by atoms with van der Waals surface area (Å²) >= 11 is 0. The number of nitrogen functional groups attached to an aromatic ring is 1. The summed E-state index contributed by atoms with van der Waals surface area (Å²) in [6.45, 7) is 0. The van der Waals surface area contributed by atoms with Crippen molar-refractivity contribution in [3.8, 4) is 0 Å². The van der Waals surface area contributed by atoms with E-state index in [4.69, 9.17) is 5.73 Å². The SMILES string of the molecule is Cn1ccc(C(=O)Nc2ccc(N)c(C(F)(F)F)c2)n1. The number of aryl methyl sites for hydroxylation is 1. The highest BCUT2D eigenvalue weighted by molar-refractivity contribution is 6.02. The van der Waals surface area contributed by atoms with Crippen LogP contribution in [0, 0.1) is 0 Å². The minimum atomic E-state index is -4.57. The van der Waals surface area contributed by atoms with Crippen LogP contribution in [0.3, 0.4) is 0 Å². The number of alkyl halides is 3. The van der Waals surface area contributed by atoms with Crippen molar-refractivity contribution < 1.29 is 18.0 Å². The van der Waals surface area contributed by atoms with Gasteiger partial charge in [0.05, 0.1) is 5.56 Å². The van der Waals surface area contributed by atoms with Crippen LogP contribution in [0.25, 0.3) is 0 Å². The van der Waals surface area contributed by atoms with Crippen LogP contribution < -0.4 is 11.1 Å². The van der Waals surface area contributed by atoms with Crippen LogP contribution in [0.1, 0.15) is 16.1 Å². The number of nitrogens with zero attached hydrogens (tertiary/aromatic N) is 2. The van der Waals surface area contributed by atoms with Crippen LogP contribution in [0.15, 0.2) is 30.5 Å². The number of anilines is 2. The van der Waals surface area contributed by atoms with Gasteiger partial charge >= 0.3 is 6.18 Å². The van der Waals surface area contributed by atoms with Crippen LogP contribution in [0.5, 0.6) is 0 Å². The molecule has 0 atom stereocenters. The third kappa shape index (κ3) is 2.90. The molecule has 0 fully saturated rings. The number of aromatic nitrogens is 2. The summed E-state index contributed by atoms with van der Waals surface area (Å²) in [4.78, 5) is 11.8. The molecule has 0 aliphatic rings. The lowest BCUT2D eigenvalue weighted by Gasteiger charge is -2.12. The molecule has 3 N–H and O–H groups in total. The van der Waals surface area contributed by atoms with E-state index < -0.39 is 23.3 Å². The van der Waals surface area contributed by atoms with Gasteiger partial charge in [0.1, 0.15) is 0 Å². The van der Waals surface area contributed by atoms with Gasteiger partial charge in [0.15, 0.2) is 5.69 Å². The number of nitrogens with two attached hydrogens (primary N) is 1. The van der Waals surface area contributed by atoms with Crippen molar-refractivity contribution >= 4 is 17.3 Å².